The standard InChI is InChI=1S/C13H13NO.C7H10N2.ClH/c1-8-5-6-10-9(7-8)13-11(14-10)3-2-4-12(13)15;1-6-2-4-7(9-8)5-3-6;/h5-7,14H,2-4H2,1H3;2-5,9H,8H2,1H3;1H. The number of aromatic amines is 1. The van der Waals surface area contributed by atoms with E-state index in [1.54, 1.807) is 0 Å². The Balaban J connectivity index is 0.000000196. The number of Topliss-reactive ketones (excluding diaryl/α,β-unsaturated/α-hetero) is 1. The van der Waals surface area contributed by atoms with E-state index in [4.69, 9.17) is 5.84 Å². The highest BCUT2D eigenvalue weighted by Crippen LogP contribution is 2.29. The van der Waals surface area contributed by atoms with Crippen LogP contribution in [-0.4, -0.2) is 10.8 Å². The zero-order valence-corrected chi connectivity index (χ0v) is 15.4. The minimum absolute atomic E-state index is 0. The van der Waals surface area contributed by atoms with Gasteiger partial charge in [-0.3, -0.25) is 10.6 Å². The van der Waals surface area contributed by atoms with Crippen LogP contribution >= 0.6 is 12.4 Å². The molecule has 0 atom stereocenters. The van der Waals surface area contributed by atoms with Gasteiger partial charge in [0.25, 0.3) is 0 Å². The minimum atomic E-state index is 0. The largest absolute Gasteiger partial charge is 0.358 e. The van der Waals surface area contributed by atoms with Crippen LogP contribution in [-0.2, 0) is 6.42 Å². The molecule has 1 heterocycles. The van der Waals surface area contributed by atoms with Crippen LogP contribution in [0.25, 0.3) is 10.9 Å². The number of anilines is 1. The van der Waals surface area contributed by atoms with Crippen LogP contribution in [0.1, 0.15) is 40.0 Å². The summed E-state index contributed by atoms with van der Waals surface area (Å²) in [7, 11) is 0. The maximum Gasteiger partial charge on any atom is 0.165 e. The van der Waals surface area contributed by atoms with Crippen molar-refractivity contribution >= 4 is 34.8 Å². The summed E-state index contributed by atoms with van der Waals surface area (Å²) >= 11 is 0. The Hall–Kier alpha value is -2.30. The molecule has 4 nitrogen and oxygen atoms in total. The van der Waals surface area contributed by atoms with Gasteiger partial charge in [-0.25, -0.2) is 0 Å². The highest BCUT2D eigenvalue weighted by atomic mass is 35.5. The SMILES string of the molecule is Cc1ccc(NN)cc1.Cc1ccc2[nH]c3c(c2c1)C(=O)CCC3.Cl. The summed E-state index contributed by atoms with van der Waals surface area (Å²) in [4.78, 5) is 15.2. The van der Waals surface area contributed by atoms with Crippen molar-refractivity contribution in [2.45, 2.75) is 33.1 Å². The van der Waals surface area contributed by atoms with Crippen molar-refractivity contribution in [2.75, 3.05) is 5.43 Å². The average molecular weight is 358 g/mol. The molecule has 0 bridgehead atoms. The van der Waals surface area contributed by atoms with E-state index in [2.05, 4.69) is 35.5 Å². The molecule has 0 radical (unpaired) electrons. The number of rotatable bonds is 1. The molecule has 4 N–H and O–H groups in total. The first kappa shape index (κ1) is 19.0. The Labute approximate surface area is 154 Å². The molecule has 0 saturated carbocycles. The second-order valence-electron chi connectivity index (χ2n) is 6.31. The third kappa shape index (κ3) is 4.21. The average Bonchev–Trinajstić information content (AvgIpc) is 2.95. The maximum atomic E-state index is 11.9. The van der Waals surface area contributed by atoms with Crippen molar-refractivity contribution in [3.63, 3.8) is 0 Å². The van der Waals surface area contributed by atoms with Gasteiger partial charge in [0.15, 0.2) is 5.78 Å². The van der Waals surface area contributed by atoms with Crippen LogP contribution in [0.4, 0.5) is 5.69 Å². The van der Waals surface area contributed by atoms with Gasteiger partial charge < -0.3 is 10.4 Å². The molecule has 2 aromatic carbocycles. The number of ketones is 1. The number of H-pyrrole nitrogens is 1. The third-order valence-corrected chi connectivity index (χ3v) is 4.36. The van der Waals surface area contributed by atoms with E-state index in [-0.39, 0.29) is 12.4 Å². The first-order valence-electron chi connectivity index (χ1n) is 8.26. The molecule has 4 rings (SSSR count). The predicted molar refractivity (Wildman–Crippen MR) is 107 cm³/mol. The molecular weight excluding hydrogens is 334 g/mol. The third-order valence-electron chi connectivity index (χ3n) is 4.36. The Morgan fingerprint density at radius 3 is 2.36 bits per heavy atom. The lowest BCUT2D eigenvalue weighted by molar-refractivity contribution is 0.0974. The molecule has 1 aromatic heterocycles. The van der Waals surface area contributed by atoms with Gasteiger partial charge in [-0.1, -0.05) is 29.3 Å². The summed E-state index contributed by atoms with van der Waals surface area (Å²) in [5.74, 6) is 5.45. The van der Waals surface area contributed by atoms with Crippen LogP contribution in [0.2, 0.25) is 0 Å². The van der Waals surface area contributed by atoms with Gasteiger partial charge in [0.05, 0.1) is 0 Å². The van der Waals surface area contributed by atoms with Crippen LogP contribution in [0, 0.1) is 13.8 Å². The predicted octanol–water partition coefficient (Wildman–Crippen LogP) is 4.70. The Morgan fingerprint density at radius 2 is 1.68 bits per heavy atom. The fourth-order valence-corrected chi connectivity index (χ4v) is 3.07. The lowest BCUT2D eigenvalue weighted by Crippen LogP contribution is -2.08. The number of aryl methyl sites for hydroxylation is 3. The van der Waals surface area contributed by atoms with Crippen molar-refractivity contribution in [3.05, 3.63) is 64.8 Å². The highest BCUT2D eigenvalue weighted by Gasteiger charge is 2.21. The van der Waals surface area contributed by atoms with Crippen molar-refractivity contribution in [1.82, 2.24) is 4.98 Å². The normalized spacial score (nSPS) is 12.7. The monoisotopic (exact) mass is 357 g/mol. The van der Waals surface area contributed by atoms with Crippen molar-refractivity contribution in [2.24, 2.45) is 5.84 Å². The zero-order chi connectivity index (χ0) is 17.1. The summed E-state index contributed by atoms with van der Waals surface area (Å²) in [5.41, 5.74) is 9.13. The van der Waals surface area contributed by atoms with Gasteiger partial charge in [-0.2, -0.15) is 0 Å². The van der Waals surface area contributed by atoms with Gasteiger partial charge in [0.1, 0.15) is 0 Å². The molecule has 0 aliphatic heterocycles. The fraction of sp³-hybridized carbons (Fsp3) is 0.250. The van der Waals surface area contributed by atoms with Crippen LogP contribution < -0.4 is 11.3 Å². The molecular formula is C20H24ClN3O. The van der Waals surface area contributed by atoms with E-state index >= 15 is 0 Å². The fourth-order valence-electron chi connectivity index (χ4n) is 3.07. The van der Waals surface area contributed by atoms with Crippen LogP contribution in [0.5, 0.6) is 0 Å². The summed E-state index contributed by atoms with van der Waals surface area (Å²) in [5, 5.41) is 1.11. The Bertz CT molecular complexity index is 869. The van der Waals surface area contributed by atoms with Gasteiger partial charge in [0.2, 0.25) is 0 Å². The number of carbonyl (C=O) groups excluding carboxylic acids is 1. The number of aromatic nitrogens is 1. The number of nitrogen functional groups attached to an aromatic ring is 1. The summed E-state index contributed by atoms with van der Waals surface area (Å²) in [6.45, 7) is 4.10. The van der Waals surface area contributed by atoms with Crippen molar-refractivity contribution < 1.29 is 4.79 Å². The topological polar surface area (TPSA) is 70.9 Å². The number of hydrazine groups is 1. The molecule has 0 spiro atoms. The lowest BCUT2D eigenvalue weighted by atomic mass is 9.94. The molecule has 1 aliphatic carbocycles. The van der Waals surface area contributed by atoms with E-state index in [1.165, 1.54) is 11.1 Å². The van der Waals surface area contributed by atoms with Crippen molar-refractivity contribution in [3.8, 4) is 0 Å². The molecule has 25 heavy (non-hydrogen) atoms. The number of hydrogen-bond donors (Lipinski definition) is 3. The molecule has 5 heteroatoms. The molecule has 0 saturated heterocycles. The summed E-state index contributed by atoms with van der Waals surface area (Å²) in [6.07, 6.45) is 2.69. The van der Waals surface area contributed by atoms with Gasteiger partial charge in [-0.15, -0.1) is 12.4 Å². The number of hydrogen-bond acceptors (Lipinski definition) is 3. The molecule has 0 amide bonds. The number of nitrogens with one attached hydrogen (secondary N) is 2. The van der Waals surface area contributed by atoms with Gasteiger partial charge in [0, 0.05) is 34.3 Å². The first-order chi connectivity index (χ1) is 11.6. The number of benzene rings is 2. The molecule has 1 aliphatic rings. The van der Waals surface area contributed by atoms with Gasteiger partial charge >= 0.3 is 0 Å². The summed E-state index contributed by atoms with van der Waals surface area (Å²) in [6, 6.07) is 14.1. The second kappa shape index (κ2) is 8.19. The molecule has 0 unspecified atom stereocenters. The number of halogens is 1. The minimum Gasteiger partial charge on any atom is -0.358 e. The Kier molecular flexibility index (Phi) is 6.23. The van der Waals surface area contributed by atoms with E-state index in [0.29, 0.717) is 12.2 Å². The number of carbonyl (C=O) groups is 1. The lowest BCUT2D eigenvalue weighted by Gasteiger charge is -2.09. The van der Waals surface area contributed by atoms with E-state index < -0.39 is 0 Å². The first-order valence-corrected chi connectivity index (χ1v) is 8.26. The smallest absolute Gasteiger partial charge is 0.165 e. The maximum absolute atomic E-state index is 11.9. The van der Waals surface area contributed by atoms with Crippen LogP contribution in [0.3, 0.4) is 0 Å². The number of nitrogens with two attached hydrogens (primary N) is 1. The highest BCUT2D eigenvalue weighted by molar-refractivity contribution is 6.10. The van der Waals surface area contributed by atoms with E-state index in [0.717, 1.165) is 40.7 Å². The molecule has 132 valence electrons. The van der Waals surface area contributed by atoms with Crippen LogP contribution in [0.15, 0.2) is 42.5 Å². The number of fused-ring (bicyclic) bond motifs is 3. The van der Waals surface area contributed by atoms with Gasteiger partial charge in [-0.05, 0) is 51.0 Å². The second-order valence-corrected chi connectivity index (χ2v) is 6.31. The quantitative estimate of drug-likeness (QED) is 0.436. The Morgan fingerprint density at radius 1 is 1.00 bits per heavy atom. The zero-order valence-electron chi connectivity index (χ0n) is 14.6. The summed E-state index contributed by atoms with van der Waals surface area (Å²) < 4.78 is 0. The molecule has 3 aromatic rings. The molecule has 0 fully saturated rings. The van der Waals surface area contributed by atoms with Crippen molar-refractivity contribution in [1.29, 1.82) is 0 Å². The van der Waals surface area contributed by atoms with E-state index in [9.17, 15) is 4.79 Å². The van der Waals surface area contributed by atoms with E-state index in [1.807, 2.05) is 31.2 Å².